The summed E-state index contributed by atoms with van der Waals surface area (Å²) >= 11 is 0. The number of benzene rings is 2. The molecule has 1 spiro atoms. The minimum Gasteiger partial charge on any atom is -0.206 e. The summed E-state index contributed by atoms with van der Waals surface area (Å²) in [5.41, 5.74) is 4.07. The molecule has 4 rings (SSSR count). The summed E-state index contributed by atoms with van der Waals surface area (Å²) in [6.07, 6.45) is 11.1. The van der Waals surface area contributed by atoms with Crippen LogP contribution in [0.3, 0.4) is 0 Å². The van der Waals surface area contributed by atoms with Gasteiger partial charge in [-0.1, -0.05) is 66.7 Å². The lowest BCUT2D eigenvalue weighted by atomic mass is 9.74. The van der Waals surface area contributed by atoms with E-state index < -0.39 is 0 Å². The first kappa shape index (κ1) is 15.4. The van der Waals surface area contributed by atoms with Crippen molar-refractivity contribution in [3.8, 4) is 11.1 Å². The fourth-order valence-corrected chi connectivity index (χ4v) is 4.31. The van der Waals surface area contributed by atoms with Crippen molar-refractivity contribution in [2.45, 2.75) is 38.5 Å². The molecule has 2 aromatic rings. The van der Waals surface area contributed by atoms with Crippen LogP contribution in [0.1, 0.15) is 44.1 Å². The van der Waals surface area contributed by atoms with Crippen molar-refractivity contribution in [2.75, 3.05) is 0 Å². The molecular formula is C23H23F. The van der Waals surface area contributed by atoms with Gasteiger partial charge >= 0.3 is 0 Å². The zero-order valence-electron chi connectivity index (χ0n) is 14.0. The summed E-state index contributed by atoms with van der Waals surface area (Å²) in [6.45, 7) is 0. The topological polar surface area (TPSA) is 0 Å². The molecule has 1 atom stereocenters. The van der Waals surface area contributed by atoms with Crippen LogP contribution in [0.25, 0.3) is 17.0 Å². The van der Waals surface area contributed by atoms with Crippen LogP contribution >= 0.6 is 0 Å². The summed E-state index contributed by atoms with van der Waals surface area (Å²) in [5.74, 6) is 0.0126. The van der Waals surface area contributed by atoms with Gasteiger partial charge in [0.05, 0.1) is 0 Å². The zero-order chi connectivity index (χ0) is 16.4. The highest BCUT2D eigenvalue weighted by molar-refractivity contribution is 5.70. The van der Waals surface area contributed by atoms with Crippen LogP contribution in [0.2, 0.25) is 0 Å². The van der Waals surface area contributed by atoms with E-state index in [2.05, 4.69) is 24.3 Å². The first-order valence-corrected chi connectivity index (χ1v) is 9.01. The lowest BCUT2D eigenvalue weighted by molar-refractivity contribution is 0.400. The zero-order valence-corrected chi connectivity index (χ0v) is 14.0. The Bertz CT molecular complexity index is 767. The number of hydrogen-bond acceptors (Lipinski definition) is 0. The van der Waals surface area contributed by atoms with Gasteiger partial charge in [0.25, 0.3) is 0 Å². The van der Waals surface area contributed by atoms with Crippen LogP contribution in [-0.2, 0) is 0 Å². The van der Waals surface area contributed by atoms with E-state index in [0.29, 0.717) is 0 Å². The second kappa shape index (κ2) is 6.39. The normalized spacial score (nSPS) is 25.2. The molecule has 0 amide bonds. The molecule has 0 bridgehead atoms. The van der Waals surface area contributed by atoms with Gasteiger partial charge in [-0.05, 0) is 55.2 Å². The molecule has 0 aromatic heterocycles. The van der Waals surface area contributed by atoms with Crippen molar-refractivity contribution in [3.05, 3.63) is 77.9 Å². The van der Waals surface area contributed by atoms with Crippen molar-refractivity contribution in [2.24, 2.45) is 5.41 Å². The standard InChI is InChI=1S/C23H23F/c24-22(21-10-7-17-23(21)15-5-2-6-16-23)20-13-11-19(12-14-20)18-8-3-1-4-9-18/h1,3-5,8-9,11-15H,2,6-7,10,16-17H2/b22-21+. The van der Waals surface area contributed by atoms with E-state index in [1.54, 1.807) is 0 Å². The van der Waals surface area contributed by atoms with Crippen LogP contribution in [0.5, 0.6) is 0 Å². The van der Waals surface area contributed by atoms with E-state index in [0.717, 1.165) is 48.8 Å². The van der Waals surface area contributed by atoms with Crippen molar-refractivity contribution >= 4 is 5.83 Å². The van der Waals surface area contributed by atoms with E-state index in [4.69, 9.17) is 0 Å². The fourth-order valence-electron chi connectivity index (χ4n) is 4.31. The predicted molar refractivity (Wildman–Crippen MR) is 99.2 cm³/mol. The summed E-state index contributed by atoms with van der Waals surface area (Å²) in [6, 6.07) is 18.2. The average Bonchev–Trinajstić information content (AvgIpc) is 3.05. The molecule has 1 saturated carbocycles. The van der Waals surface area contributed by atoms with Crippen molar-refractivity contribution in [3.63, 3.8) is 0 Å². The summed E-state index contributed by atoms with van der Waals surface area (Å²) in [4.78, 5) is 0. The van der Waals surface area contributed by atoms with Crippen LogP contribution < -0.4 is 0 Å². The highest BCUT2D eigenvalue weighted by Gasteiger charge is 2.39. The Balaban J connectivity index is 1.68. The second-order valence-electron chi connectivity index (χ2n) is 7.04. The summed E-state index contributed by atoms with van der Waals surface area (Å²) in [5, 5.41) is 0. The molecule has 24 heavy (non-hydrogen) atoms. The highest BCUT2D eigenvalue weighted by atomic mass is 19.1. The fraction of sp³-hybridized carbons (Fsp3) is 0.304. The maximum Gasteiger partial charge on any atom is 0.130 e. The van der Waals surface area contributed by atoms with Crippen molar-refractivity contribution in [1.82, 2.24) is 0 Å². The number of halogens is 1. The summed E-state index contributed by atoms with van der Waals surface area (Å²) in [7, 11) is 0. The van der Waals surface area contributed by atoms with Gasteiger partial charge in [0, 0.05) is 11.0 Å². The first-order valence-electron chi connectivity index (χ1n) is 9.01. The molecule has 0 nitrogen and oxygen atoms in total. The third-order valence-electron chi connectivity index (χ3n) is 5.59. The average molecular weight is 318 g/mol. The van der Waals surface area contributed by atoms with E-state index in [-0.39, 0.29) is 11.2 Å². The van der Waals surface area contributed by atoms with Gasteiger partial charge in [-0.3, -0.25) is 0 Å². The molecule has 122 valence electrons. The molecule has 1 unspecified atom stereocenters. The maximum absolute atomic E-state index is 15.2. The lowest BCUT2D eigenvalue weighted by Gasteiger charge is -2.31. The van der Waals surface area contributed by atoms with Gasteiger partial charge in [-0.25, -0.2) is 4.39 Å². The molecule has 0 radical (unpaired) electrons. The van der Waals surface area contributed by atoms with E-state index in [1.165, 1.54) is 12.0 Å². The quantitative estimate of drug-likeness (QED) is 0.526. The van der Waals surface area contributed by atoms with Gasteiger partial charge in [0.1, 0.15) is 5.83 Å². The predicted octanol–water partition coefficient (Wildman–Crippen LogP) is 6.94. The highest BCUT2D eigenvalue weighted by Crippen LogP contribution is 2.52. The lowest BCUT2D eigenvalue weighted by Crippen LogP contribution is -2.18. The van der Waals surface area contributed by atoms with Gasteiger partial charge in [-0.15, -0.1) is 0 Å². The Morgan fingerprint density at radius 3 is 2.25 bits per heavy atom. The Morgan fingerprint density at radius 1 is 0.833 bits per heavy atom. The Kier molecular flexibility index (Phi) is 4.10. The minimum atomic E-state index is 0.000431. The molecule has 0 aliphatic heterocycles. The Morgan fingerprint density at radius 2 is 1.54 bits per heavy atom. The molecule has 2 aromatic carbocycles. The molecule has 2 aliphatic rings. The Labute approximate surface area is 143 Å². The number of allylic oxidation sites excluding steroid dienone is 3. The smallest absolute Gasteiger partial charge is 0.130 e. The Hall–Kier alpha value is -2.15. The maximum atomic E-state index is 15.2. The van der Waals surface area contributed by atoms with Crippen LogP contribution in [0.4, 0.5) is 4.39 Å². The van der Waals surface area contributed by atoms with Crippen molar-refractivity contribution in [1.29, 1.82) is 0 Å². The minimum absolute atomic E-state index is 0.000431. The molecule has 1 fully saturated rings. The van der Waals surface area contributed by atoms with Crippen molar-refractivity contribution < 1.29 is 4.39 Å². The SMILES string of the molecule is F/C(=C1\CCCC12C=CCCC2)c1ccc(-c2ccccc2)cc1. The molecule has 0 saturated heterocycles. The third-order valence-corrected chi connectivity index (χ3v) is 5.59. The van der Waals surface area contributed by atoms with Crippen LogP contribution in [0, 0.1) is 5.41 Å². The third kappa shape index (κ3) is 2.73. The number of rotatable bonds is 2. The molecule has 2 aliphatic carbocycles. The second-order valence-corrected chi connectivity index (χ2v) is 7.04. The molecule has 0 N–H and O–H groups in total. The van der Waals surface area contributed by atoms with Gasteiger partial charge in [-0.2, -0.15) is 0 Å². The largest absolute Gasteiger partial charge is 0.206 e. The van der Waals surface area contributed by atoms with E-state index >= 15 is 4.39 Å². The molecular weight excluding hydrogens is 295 g/mol. The molecule has 1 heteroatoms. The van der Waals surface area contributed by atoms with Crippen LogP contribution in [0.15, 0.2) is 72.3 Å². The molecule has 0 heterocycles. The van der Waals surface area contributed by atoms with Gasteiger partial charge in [0.15, 0.2) is 0 Å². The van der Waals surface area contributed by atoms with E-state index in [1.807, 2.05) is 42.5 Å². The summed E-state index contributed by atoms with van der Waals surface area (Å²) < 4.78 is 15.2. The first-order chi connectivity index (χ1) is 11.8. The van der Waals surface area contributed by atoms with Gasteiger partial charge < -0.3 is 0 Å². The number of hydrogen-bond donors (Lipinski definition) is 0. The van der Waals surface area contributed by atoms with Gasteiger partial charge in [0.2, 0.25) is 0 Å². The van der Waals surface area contributed by atoms with E-state index in [9.17, 15) is 0 Å². The van der Waals surface area contributed by atoms with Crippen LogP contribution in [-0.4, -0.2) is 0 Å². The monoisotopic (exact) mass is 318 g/mol.